The largest absolute Gasteiger partial charge is 0.367 e. The normalized spacial score (nSPS) is 17.4. The van der Waals surface area contributed by atoms with Crippen LogP contribution in [-0.4, -0.2) is 43.7 Å². The number of aromatic nitrogens is 1. The van der Waals surface area contributed by atoms with Gasteiger partial charge in [0.1, 0.15) is 11.6 Å². The summed E-state index contributed by atoms with van der Waals surface area (Å²) in [6.45, 7) is 6.40. The monoisotopic (exact) mass is 407 g/mol. The van der Waals surface area contributed by atoms with E-state index in [2.05, 4.69) is 39.8 Å². The zero-order valence-corrected chi connectivity index (χ0v) is 17.3. The van der Waals surface area contributed by atoms with Crippen LogP contribution in [0.4, 0.5) is 14.5 Å². The molecule has 0 spiro atoms. The Bertz CT molecular complexity index is 821. The minimum atomic E-state index is -0.555. The molecule has 0 aliphatic carbocycles. The van der Waals surface area contributed by atoms with E-state index >= 15 is 0 Å². The molecule has 0 amide bonds. The summed E-state index contributed by atoms with van der Waals surface area (Å²) in [5.41, 5.74) is 1.54. The van der Waals surface area contributed by atoms with E-state index in [0.29, 0.717) is 24.7 Å². The molecule has 1 aliphatic heterocycles. The molecule has 152 valence electrons. The summed E-state index contributed by atoms with van der Waals surface area (Å²) >= 11 is 1.70. The predicted molar refractivity (Wildman–Crippen MR) is 111 cm³/mol. The van der Waals surface area contributed by atoms with Crippen molar-refractivity contribution in [2.45, 2.75) is 38.6 Å². The molecule has 0 bridgehead atoms. The van der Waals surface area contributed by atoms with Gasteiger partial charge in [0.15, 0.2) is 5.96 Å². The Morgan fingerprint density at radius 1 is 1.39 bits per heavy atom. The van der Waals surface area contributed by atoms with Gasteiger partial charge < -0.3 is 15.5 Å². The van der Waals surface area contributed by atoms with E-state index in [1.165, 1.54) is 12.1 Å². The van der Waals surface area contributed by atoms with Gasteiger partial charge in [-0.25, -0.2) is 13.8 Å². The molecule has 1 unspecified atom stereocenters. The third-order valence-electron chi connectivity index (χ3n) is 4.74. The maximum absolute atomic E-state index is 14.0. The highest BCUT2D eigenvalue weighted by Gasteiger charge is 2.25. The summed E-state index contributed by atoms with van der Waals surface area (Å²) < 4.78 is 27.1. The van der Waals surface area contributed by atoms with E-state index in [1.54, 1.807) is 18.4 Å². The number of hydrogen-bond donors (Lipinski definition) is 2. The lowest BCUT2D eigenvalue weighted by molar-refractivity contribution is 0.580. The lowest BCUT2D eigenvalue weighted by Gasteiger charge is -2.21. The standard InChI is InChI=1S/C20H27F2N5S/c1-13(2)19-25-16(12-28-19)6-8-24-20(23-3)26-15-7-9-27(11-15)18-5-4-14(21)10-17(18)22/h4-5,10,12-13,15H,6-9,11H2,1-3H3,(H2,23,24,26). The molecule has 1 aromatic carbocycles. The molecule has 2 aromatic rings. The van der Waals surface area contributed by atoms with Crippen molar-refractivity contribution in [2.75, 3.05) is 31.6 Å². The number of benzene rings is 1. The third kappa shape index (κ3) is 5.19. The zero-order valence-electron chi connectivity index (χ0n) is 16.5. The molecule has 3 rings (SSSR count). The third-order valence-corrected chi connectivity index (χ3v) is 5.93. The molecular weight excluding hydrogens is 380 g/mol. The van der Waals surface area contributed by atoms with E-state index in [-0.39, 0.29) is 6.04 Å². The van der Waals surface area contributed by atoms with E-state index < -0.39 is 11.6 Å². The first-order valence-corrected chi connectivity index (χ1v) is 10.5. The summed E-state index contributed by atoms with van der Waals surface area (Å²) in [5, 5.41) is 9.98. The van der Waals surface area contributed by atoms with Crippen LogP contribution in [0.25, 0.3) is 0 Å². The molecule has 1 saturated heterocycles. The fourth-order valence-electron chi connectivity index (χ4n) is 3.23. The molecule has 0 saturated carbocycles. The van der Waals surface area contributed by atoms with Crippen molar-refractivity contribution in [3.8, 4) is 0 Å². The number of aliphatic imine (C=N–C) groups is 1. The summed E-state index contributed by atoms with van der Waals surface area (Å²) in [6.07, 6.45) is 1.70. The average Bonchev–Trinajstić information content (AvgIpc) is 3.30. The number of nitrogens with one attached hydrogen (secondary N) is 2. The van der Waals surface area contributed by atoms with E-state index in [9.17, 15) is 8.78 Å². The lowest BCUT2D eigenvalue weighted by Crippen LogP contribution is -2.45. The minimum Gasteiger partial charge on any atom is -0.367 e. The lowest BCUT2D eigenvalue weighted by atomic mass is 10.2. The Hall–Kier alpha value is -2.22. The highest BCUT2D eigenvalue weighted by atomic mass is 32.1. The first-order valence-electron chi connectivity index (χ1n) is 9.57. The molecule has 28 heavy (non-hydrogen) atoms. The molecule has 5 nitrogen and oxygen atoms in total. The average molecular weight is 408 g/mol. The van der Waals surface area contributed by atoms with Crippen LogP contribution in [0.1, 0.15) is 36.9 Å². The first kappa shape index (κ1) is 20.5. The van der Waals surface area contributed by atoms with Crippen LogP contribution in [0.3, 0.4) is 0 Å². The van der Waals surface area contributed by atoms with Gasteiger partial charge in [0.2, 0.25) is 0 Å². The molecule has 1 aromatic heterocycles. The minimum absolute atomic E-state index is 0.155. The highest BCUT2D eigenvalue weighted by molar-refractivity contribution is 7.09. The number of halogens is 2. The fourth-order valence-corrected chi connectivity index (χ4v) is 4.10. The molecule has 1 fully saturated rings. The van der Waals surface area contributed by atoms with Gasteiger partial charge in [0.05, 0.1) is 16.4 Å². The van der Waals surface area contributed by atoms with Gasteiger partial charge in [-0.1, -0.05) is 13.8 Å². The van der Waals surface area contributed by atoms with Crippen molar-refractivity contribution < 1.29 is 8.78 Å². The van der Waals surface area contributed by atoms with Crippen molar-refractivity contribution >= 4 is 23.0 Å². The van der Waals surface area contributed by atoms with Crippen LogP contribution in [-0.2, 0) is 6.42 Å². The van der Waals surface area contributed by atoms with Crippen molar-refractivity contribution in [3.63, 3.8) is 0 Å². The van der Waals surface area contributed by atoms with E-state index in [1.807, 2.05) is 4.90 Å². The SMILES string of the molecule is CN=C(NCCc1csc(C(C)C)n1)NC1CCN(c2ccc(F)cc2F)C1. The number of rotatable bonds is 6. The summed E-state index contributed by atoms with van der Waals surface area (Å²) in [5.74, 6) is 0.107. The van der Waals surface area contributed by atoms with Crippen LogP contribution in [0.2, 0.25) is 0 Å². The molecule has 0 radical (unpaired) electrons. The highest BCUT2D eigenvalue weighted by Crippen LogP contribution is 2.24. The number of hydrogen-bond acceptors (Lipinski definition) is 4. The van der Waals surface area contributed by atoms with Crippen molar-refractivity contribution in [1.29, 1.82) is 0 Å². The number of thiazole rings is 1. The maximum Gasteiger partial charge on any atom is 0.191 e. The van der Waals surface area contributed by atoms with Crippen LogP contribution in [0, 0.1) is 11.6 Å². The zero-order chi connectivity index (χ0) is 20.1. The molecule has 2 heterocycles. The molecule has 2 N–H and O–H groups in total. The summed E-state index contributed by atoms with van der Waals surface area (Å²) in [7, 11) is 1.74. The van der Waals surface area contributed by atoms with Gasteiger partial charge in [-0.2, -0.15) is 0 Å². The second-order valence-electron chi connectivity index (χ2n) is 7.25. The number of guanidine groups is 1. The number of anilines is 1. The summed E-state index contributed by atoms with van der Waals surface area (Å²) in [4.78, 5) is 10.9. The van der Waals surface area contributed by atoms with Crippen LogP contribution in [0.15, 0.2) is 28.6 Å². The molecular formula is C20H27F2N5S. The first-order chi connectivity index (χ1) is 13.5. The Balaban J connectivity index is 1.47. The van der Waals surface area contributed by atoms with Crippen LogP contribution in [0.5, 0.6) is 0 Å². The van der Waals surface area contributed by atoms with E-state index in [0.717, 1.165) is 42.1 Å². The summed E-state index contributed by atoms with van der Waals surface area (Å²) in [6, 6.07) is 3.88. The molecule has 1 aliphatic rings. The Labute approximate surface area is 168 Å². The van der Waals surface area contributed by atoms with Crippen molar-refractivity contribution in [3.05, 3.63) is 45.9 Å². The van der Waals surface area contributed by atoms with Gasteiger partial charge in [0.25, 0.3) is 0 Å². The predicted octanol–water partition coefficient (Wildman–Crippen LogP) is 3.53. The van der Waals surface area contributed by atoms with Gasteiger partial charge in [-0.15, -0.1) is 11.3 Å². The van der Waals surface area contributed by atoms with Gasteiger partial charge in [-0.05, 0) is 18.6 Å². The Morgan fingerprint density at radius 2 is 2.21 bits per heavy atom. The quantitative estimate of drug-likeness (QED) is 0.568. The van der Waals surface area contributed by atoms with Crippen LogP contribution >= 0.6 is 11.3 Å². The van der Waals surface area contributed by atoms with E-state index in [4.69, 9.17) is 0 Å². The topological polar surface area (TPSA) is 52.6 Å². The molecule has 8 heteroatoms. The Kier molecular flexibility index (Phi) is 6.83. The second-order valence-corrected chi connectivity index (χ2v) is 8.14. The van der Waals surface area contributed by atoms with Gasteiger partial charge >= 0.3 is 0 Å². The number of nitrogens with zero attached hydrogens (tertiary/aromatic N) is 3. The van der Waals surface area contributed by atoms with Crippen molar-refractivity contribution in [2.24, 2.45) is 4.99 Å². The van der Waals surface area contributed by atoms with Gasteiger partial charge in [-0.3, -0.25) is 4.99 Å². The Morgan fingerprint density at radius 3 is 2.89 bits per heavy atom. The van der Waals surface area contributed by atoms with Crippen molar-refractivity contribution in [1.82, 2.24) is 15.6 Å². The fraction of sp³-hybridized carbons (Fsp3) is 0.500. The van der Waals surface area contributed by atoms with Gasteiger partial charge in [0, 0.05) is 56.5 Å². The maximum atomic E-state index is 14.0. The molecule has 1 atom stereocenters. The second kappa shape index (κ2) is 9.32. The van der Waals surface area contributed by atoms with Crippen LogP contribution < -0.4 is 15.5 Å². The smallest absolute Gasteiger partial charge is 0.191 e.